The Morgan fingerprint density at radius 2 is 2.09 bits per heavy atom. The molecule has 1 rings (SSSR count). The summed E-state index contributed by atoms with van der Waals surface area (Å²) < 4.78 is 0. The molecule has 0 aromatic carbocycles. The number of carboxylic acid groups (broad SMARTS) is 1. The summed E-state index contributed by atoms with van der Waals surface area (Å²) in [5, 5.41) is 10.2. The maximum absolute atomic E-state index is 10.2. The SMILES string of the molecule is CC1CCC(=CC(=O)[O-])CC1. The van der Waals surface area contributed by atoms with Gasteiger partial charge in [-0.1, -0.05) is 12.5 Å². The average molecular weight is 153 g/mol. The highest BCUT2D eigenvalue weighted by atomic mass is 16.4. The molecule has 0 aromatic rings. The van der Waals surface area contributed by atoms with Gasteiger partial charge in [-0.15, -0.1) is 0 Å². The van der Waals surface area contributed by atoms with E-state index in [9.17, 15) is 9.90 Å². The van der Waals surface area contributed by atoms with Crippen molar-refractivity contribution in [2.45, 2.75) is 32.6 Å². The Hall–Kier alpha value is -0.790. The Morgan fingerprint density at radius 3 is 2.55 bits per heavy atom. The smallest absolute Gasteiger partial charge is 0.0642 e. The molecule has 62 valence electrons. The minimum atomic E-state index is -1.05. The van der Waals surface area contributed by atoms with Gasteiger partial charge in [0, 0.05) is 0 Å². The lowest BCUT2D eigenvalue weighted by molar-refractivity contribution is -0.297. The van der Waals surface area contributed by atoms with E-state index in [2.05, 4.69) is 6.92 Å². The first kappa shape index (κ1) is 8.31. The molecule has 0 saturated heterocycles. The first-order valence-corrected chi connectivity index (χ1v) is 4.09. The van der Waals surface area contributed by atoms with E-state index in [4.69, 9.17) is 0 Å². The van der Waals surface area contributed by atoms with Crippen molar-refractivity contribution >= 4 is 5.97 Å². The number of carbonyl (C=O) groups excluding carboxylic acids is 1. The number of hydrogen-bond acceptors (Lipinski definition) is 2. The van der Waals surface area contributed by atoms with Crippen molar-refractivity contribution in [1.82, 2.24) is 0 Å². The third-order valence-corrected chi connectivity index (χ3v) is 2.24. The Labute approximate surface area is 66.9 Å². The summed E-state index contributed by atoms with van der Waals surface area (Å²) in [6, 6.07) is 0. The van der Waals surface area contributed by atoms with E-state index in [1.807, 2.05) is 0 Å². The van der Waals surface area contributed by atoms with Crippen LogP contribution < -0.4 is 5.11 Å². The molecule has 0 heterocycles. The molecule has 0 aromatic heterocycles. The standard InChI is InChI=1S/C9H14O2/c1-7-2-4-8(5-3-7)6-9(10)11/h6-7H,2-5H2,1H3,(H,10,11)/p-1. The third-order valence-electron chi connectivity index (χ3n) is 2.24. The molecule has 2 heteroatoms. The van der Waals surface area contributed by atoms with Crippen LogP contribution in [0.15, 0.2) is 11.6 Å². The summed E-state index contributed by atoms with van der Waals surface area (Å²) >= 11 is 0. The first-order valence-electron chi connectivity index (χ1n) is 4.09. The van der Waals surface area contributed by atoms with Crippen molar-refractivity contribution in [3.8, 4) is 0 Å². The van der Waals surface area contributed by atoms with E-state index in [0.717, 1.165) is 37.2 Å². The van der Waals surface area contributed by atoms with Crippen LogP contribution in [0.4, 0.5) is 0 Å². The molecule has 0 unspecified atom stereocenters. The molecule has 1 fully saturated rings. The van der Waals surface area contributed by atoms with Gasteiger partial charge < -0.3 is 9.90 Å². The van der Waals surface area contributed by atoms with Gasteiger partial charge in [0.2, 0.25) is 0 Å². The predicted molar refractivity (Wildman–Crippen MR) is 40.7 cm³/mol. The molecule has 1 saturated carbocycles. The lowest BCUT2D eigenvalue weighted by Gasteiger charge is -2.20. The van der Waals surface area contributed by atoms with Crippen molar-refractivity contribution < 1.29 is 9.90 Å². The summed E-state index contributed by atoms with van der Waals surface area (Å²) in [5.74, 6) is -0.288. The zero-order valence-electron chi connectivity index (χ0n) is 6.80. The number of rotatable bonds is 1. The Balaban J connectivity index is 2.45. The molecule has 0 atom stereocenters. The monoisotopic (exact) mass is 153 g/mol. The van der Waals surface area contributed by atoms with Crippen LogP contribution in [0.5, 0.6) is 0 Å². The van der Waals surface area contributed by atoms with Gasteiger partial charge in [0.1, 0.15) is 0 Å². The van der Waals surface area contributed by atoms with Crippen LogP contribution >= 0.6 is 0 Å². The van der Waals surface area contributed by atoms with Crippen molar-refractivity contribution in [2.75, 3.05) is 0 Å². The molecule has 0 N–H and O–H groups in total. The highest BCUT2D eigenvalue weighted by molar-refractivity contribution is 5.78. The highest BCUT2D eigenvalue weighted by Gasteiger charge is 2.11. The zero-order valence-corrected chi connectivity index (χ0v) is 6.80. The minimum Gasteiger partial charge on any atom is -0.545 e. The van der Waals surface area contributed by atoms with Crippen molar-refractivity contribution in [2.24, 2.45) is 5.92 Å². The molecule has 1 aliphatic carbocycles. The van der Waals surface area contributed by atoms with Crippen LogP contribution in [-0.4, -0.2) is 5.97 Å². The first-order chi connectivity index (χ1) is 5.18. The normalized spacial score (nSPS) is 24.8. The molecule has 2 nitrogen and oxygen atoms in total. The van der Waals surface area contributed by atoms with Gasteiger partial charge in [0.25, 0.3) is 0 Å². The summed E-state index contributed by atoms with van der Waals surface area (Å²) in [5.41, 5.74) is 1.04. The maximum atomic E-state index is 10.2. The van der Waals surface area contributed by atoms with E-state index < -0.39 is 5.97 Å². The molecule has 11 heavy (non-hydrogen) atoms. The highest BCUT2D eigenvalue weighted by Crippen LogP contribution is 2.27. The van der Waals surface area contributed by atoms with Crippen LogP contribution in [-0.2, 0) is 4.79 Å². The van der Waals surface area contributed by atoms with Gasteiger partial charge in [-0.25, -0.2) is 0 Å². The van der Waals surface area contributed by atoms with Crippen LogP contribution in [0.3, 0.4) is 0 Å². The molecule has 0 bridgehead atoms. The number of carbonyl (C=O) groups is 1. The summed E-state index contributed by atoms with van der Waals surface area (Å²) in [7, 11) is 0. The Morgan fingerprint density at radius 1 is 1.55 bits per heavy atom. The Bertz CT molecular complexity index is 172. The maximum Gasteiger partial charge on any atom is 0.0642 e. The largest absolute Gasteiger partial charge is 0.545 e. The van der Waals surface area contributed by atoms with Crippen LogP contribution in [0.25, 0.3) is 0 Å². The van der Waals surface area contributed by atoms with E-state index in [-0.39, 0.29) is 0 Å². The summed E-state index contributed by atoms with van der Waals surface area (Å²) in [6.45, 7) is 2.20. The second-order valence-electron chi connectivity index (χ2n) is 3.30. The molecule has 0 aliphatic heterocycles. The van der Waals surface area contributed by atoms with E-state index in [1.165, 1.54) is 6.08 Å². The molecular weight excluding hydrogens is 140 g/mol. The van der Waals surface area contributed by atoms with Gasteiger partial charge in [-0.05, 0) is 37.7 Å². The number of allylic oxidation sites excluding steroid dienone is 1. The van der Waals surface area contributed by atoms with E-state index in [0.29, 0.717) is 0 Å². The van der Waals surface area contributed by atoms with Crippen molar-refractivity contribution in [3.63, 3.8) is 0 Å². The van der Waals surface area contributed by atoms with Gasteiger partial charge >= 0.3 is 0 Å². The van der Waals surface area contributed by atoms with Gasteiger partial charge in [-0.2, -0.15) is 0 Å². The van der Waals surface area contributed by atoms with Gasteiger partial charge in [-0.3, -0.25) is 0 Å². The second-order valence-corrected chi connectivity index (χ2v) is 3.30. The lowest BCUT2D eigenvalue weighted by Crippen LogP contribution is -2.20. The Kier molecular flexibility index (Phi) is 2.69. The second kappa shape index (κ2) is 3.56. The molecule has 1 aliphatic rings. The topological polar surface area (TPSA) is 40.1 Å². The number of carboxylic acids is 1. The zero-order chi connectivity index (χ0) is 8.27. The molecular formula is C9H13O2-. The molecule has 0 spiro atoms. The number of hydrogen-bond donors (Lipinski definition) is 0. The van der Waals surface area contributed by atoms with Gasteiger partial charge in [0.05, 0.1) is 5.97 Å². The fourth-order valence-corrected chi connectivity index (χ4v) is 1.44. The van der Waals surface area contributed by atoms with Crippen LogP contribution in [0.1, 0.15) is 32.6 Å². The van der Waals surface area contributed by atoms with Crippen LogP contribution in [0, 0.1) is 5.92 Å². The van der Waals surface area contributed by atoms with E-state index in [1.54, 1.807) is 0 Å². The van der Waals surface area contributed by atoms with Gasteiger partial charge in [0.15, 0.2) is 0 Å². The minimum absolute atomic E-state index is 0.758. The quantitative estimate of drug-likeness (QED) is 0.524. The van der Waals surface area contributed by atoms with E-state index >= 15 is 0 Å². The van der Waals surface area contributed by atoms with Crippen molar-refractivity contribution in [1.29, 1.82) is 0 Å². The predicted octanol–water partition coefficient (Wildman–Crippen LogP) is 0.873. The summed E-state index contributed by atoms with van der Waals surface area (Å²) in [4.78, 5) is 10.2. The van der Waals surface area contributed by atoms with Crippen molar-refractivity contribution in [3.05, 3.63) is 11.6 Å². The third kappa shape index (κ3) is 2.74. The number of aliphatic carboxylic acids is 1. The fourth-order valence-electron chi connectivity index (χ4n) is 1.44. The molecule has 0 radical (unpaired) electrons. The lowest BCUT2D eigenvalue weighted by atomic mass is 9.87. The summed E-state index contributed by atoms with van der Waals surface area (Å²) in [6.07, 6.45) is 5.38. The molecule has 0 amide bonds. The van der Waals surface area contributed by atoms with Crippen LogP contribution in [0.2, 0.25) is 0 Å². The fraction of sp³-hybridized carbons (Fsp3) is 0.667. The average Bonchev–Trinajstić information content (AvgIpc) is 1.93.